The fourth-order valence-corrected chi connectivity index (χ4v) is 4.64. The summed E-state index contributed by atoms with van der Waals surface area (Å²) in [5.41, 5.74) is 6.08. The molecule has 124 valence electrons. The van der Waals surface area contributed by atoms with Gasteiger partial charge in [-0.15, -0.1) is 12.4 Å². The Labute approximate surface area is 141 Å². The molecule has 0 aliphatic rings. The molecule has 1 atom stereocenters. The van der Waals surface area contributed by atoms with Crippen LogP contribution in [0.4, 0.5) is 0 Å². The lowest BCUT2D eigenvalue weighted by molar-refractivity contribution is 0.344. The second-order valence-electron chi connectivity index (χ2n) is 5.86. The van der Waals surface area contributed by atoms with Crippen molar-refractivity contribution in [3.05, 3.63) is 18.2 Å². The lowest BCUT2D eigenvalue weighted by atomic mass is 9.92. The van der Waals surface area contributed by atoms with E-state index in [9.17, 15) is 8.42 Å². The van der Waals surface area contributed by atoms with Gasteiger partial charge in [-0.05, 0) is 31.4 Å². The summed E-state index contributed by atoms with van der Waals surface area (Å²) < 4.78 is 36.2. The summed E-state index contributed by atoms with van der Waals surface area (Å²) >= 11 is 1.00. The van der Waals surface area contributed by atoms with Crippen molar-refractivity contribution in [2.75, 3.05) is 6.54 Å². The number of hydrogen-bond acceptors (Lipinski definition) is 6. The highest BCUT2D eigenvalue weighted by Gasteiger charge is 2.31. The number of nitrogens with zero attached hydrogens (tertiary/aromatic N) is 2. The molecule has 2 rings (SSSR count). The van der Waals surface area contributed by atoms with Crippen LogP contribution in [0.3, 0.4) is 0 Å². The Morgan fingerprint density at radius 2 is 2.05 bits per heavy atom. The third kappa shape index (κ3) is 4.14. The zero-order valence-corrected chi connectivity index (χ0v) is 15.2. The molecule has 0 saturated heterocycles. The van der Waals surface area contributed by atoms with Crippen molar-refractivity contribution in [2.45, 2.75) is 37.6 Å². The van der Waals surface area contributed by atoms with Crippen molar-refractivity contribution in [1.82, 2.24) is 13.5 Å². The molecule has 22 heavy (non-hydrogen) atoms. The number of fused-ring (bicyclic) bond motifs is 1. The molecule has 9 heteroatoms. The van der Waals surface area contributed by atoms with Gasteiger partial charge in [0.2, 0.25) is 10.0 Å². The predicted octanol–water partition coefficient (Wildman–Crippen LogP) is 2.15. The van der Waals surface area contributed by atoms with Gasteiger partial charge in [-0.2, -0.15) is 8.75 Å². The molecule has 0 spiro atoms. The van der Waals surface area contributed by atoms with Crippen LogP contribution in [0.1, 0.15) is 27.2 Å². The van der Waals surface area contributed by atoms with Crippen LogP contribution >= 0.6 is 24.1 Å². The normalized spacial score (nSPS) is 14.8. The van der Waals surface area contributed by atoms with Crippen molar-refractivity contribution in [1.29, 1.82) is 0 Å². The van der Waals surface area contributed by atoms with E-state index in [2.05, 4.69) is 13.5 Å². The van der Waals surface area contributed by atoms with E-state index in [1.54, 1.807) is 18.2 Å². The minimum absolute atomic E-state index is 0. The van der Waals surface area contributed by atoms with Crippen LogP contribution in [0.5, 0.6) is 0 Å². The van der Waals surface area contributed by atoms with Gasteiger partial charge in [0.05, 0.1) is 11.7 Å². The Balaban J connectivity index is 0.00000242. The van der Waals surface area contributed by atoms with Gasteiger partial charge in [-0.3, -0.25) is 0 Å². The molecule has 0 aliphatic heterocycles. The number of benzene rings is 1. The molecule has 0 bridgehead atoms. The molecule has 0 aliphatic carbocycles. The van der Waals surface area contributed by atoms with Crippen molar-refractivity contribution in [2.24, 2.45) is 11.7 Å². The van der Waals surface area contributed by atoms with Crippen LogP contribution in [0.25, 0.3) is 11.0 Å². The maximum atomic E-state index is 12.7. The summed E-state index contributed by atoms with van der Waals surface area (Å²) in [5, 5.41) is 0. The molecule has 0 amide bonds. The molecule has 1 aromatic carbocycles. The lowest BCUT2D eigenvalue weighted by Gasteiger charge is -2.30. The smallest absolute Gasteiger partial charge is 0.243 e. The lowest BCUT2D eigenvalue weighted by Crippen LogP contribution is -2.52. The maximum absolute atomic E-state index is 12.7. The summed E-state index contributed by atoms with van der Waals surface area (Å²) in [5.74, 6) is 0.331. The molecule has 1 heterocycles. The van der Waals surface area contributed by atoms with Gasteiger partial charge in [-0.1, -0.05) is 19.9 Å². The van der Waals surface area contributed by atoms with Gasteiger partial charge in [0.25, 0.3) is 0 Å². The molecule has 1 aromatic heterocycles. The molecular weight excluding hydrogens is 344 g/mol. The number of nitrogens with one attached hydrogen (secondary N) is 1. The largest absolute Gasteiger partial charge is 0.329 e. The van der Waals surface area contributed by atoms with E-state index in [1.165, 1.54) is 0 Å². The van der Waals surface area contributed by atoms with Gasteiger partial charge in [0.15, 0.2) is 0 Å². The summed E-state index contributed by atoms with van der Waals surface area (Å²) in [6.45, 7) is 6.13. The fraction of sp³-hybridized carbons (Fsp3) is 0.538. The van der Waals surface area contributed by atoms with Crippen LogP contribution in [-0.2, 0) is 10.0 Å². The van der Waals surface area contributed by atoms with Crippen molar-refractivity contribution in [3.8, 4) is 0 Å². The Morgan fingerprint density at radius 3 is 2.64 bits per heavy atom. The van der Waals surface area contributed by atoms with Crippen LogP contribution in [-0.4, -0.2) is 29.2 Å². The Hall–Kier alpha value is -0.800. The highest BCUT2D eigenvalue weighted by atomic mass is 35.5. The van der Waals surface area contributed by atoms with Gasteiger partial charge in [-0.25, -0.2) is 13.1 Å². The van der Waals surface area contributed by atoms with E-state index in [0.29, 0.717) is 23.4 Å². The van der Waals surface area contributed by atoms with E-state index in [1.807, 2.05) is 20.8 Å². The molecule has 2 aromatic rings. The SMILES string of the molecule is CC(C)CC(C)(CN)NS(=O)(=O)c1cccc2nsnc12.Cl. The fourth-order valence-electron chi connectivity index (χ4n) is 2.45. The maximum Gasteiger partial charge on any atom is 0.243 e. The van der Waals surface area contributed by atoms with E-state index < -0.39 is 15.6 Å². The number of rotatable bonds is 6. The van der Waals surface area contributed by atoms with Crippen LogP contribution in [0.15, 0.2) is 23.1 Å². The van der Waals surface area contributed by atoms with Crippen LogP contribution in [0.2, 0.25) is 0 Å². The second-order valence-corrected chi connectivity index (χ2v) is 8.04. The van der Waals surface area contributed by atoms with Crippen molar-refractivity contribution < 1.29 is 8.42 Å². The van der Waals surface area contributed by atoms with Gasteiger partial charge in [0, 0.05) is 12.1 Å². The quantitative estimate of drug-likeness (QED) is 0.818. The Bertz CT molecular complexity index is 732. The zero-order valence-electron chi connectivity index (χ0n) is 12.7. The number of sulfonamides is 1. The van der Waals surface area contributed by atoms with E-state index in [4.69, 9.17) is 5.73 Å². The summed E-state index contributed by atoms with van der Waals surface area (Å²) in [6.07, 6.45) is 0.661. The predicted molar refractivity (Wildman–Crippen MR) is 91.9 cm³/mol. The first-order chi connectivity index (χ1) is 9.77. The van der Waals surface area contributed by atoms with E-state index in [-0.39, 0.29) is 23.8 Å². The second kappa shape index (κ2) is 7.18. The third-order valence-corrected chi connectivity index (χ3v) is 5.44. The minimum Gasteiger partial charge on any atom is -0.329 e. The van der Waals surface area contributed by atoms with Crippen LogP contribution in [0, 0.1) is 5.92 Å². The molecule has 0 saturated carbocycles. The van der Waals surface area contributed by atoms with E-state index in [0.717, 1.165) is 11.7 Å². The van der Waals surface area contributed by atoms with Gasteiger partial charge >= 0.3 is 0 Å². The number of halogens is 1. The Kier molecular flexibility index (Phi) is 6.28. The molecule has 0 radical (unpaired) electrons. The third-order valence-electron chi connectivity index (χ3n) is 3.23. The Morgan fingerprint density at radius 1 is 1.36 bits per heavy atom. The number of aromatic nitrogens is 2. The van der Waals surface area contributed by atoms with Gasteiger partial charge < -0.3 is 5.73 Å². The summed E-state index contributed by atoms with van der Waals surface area (Å²) in [7, 11) is -3.70. The highest BCUT2D eigenvalue weighted by molar-refractivity contribution is 7.89. The molecular formula is C13H21ClN4O2S2. The monoisotopic (exact) mass is 364 g/mol. The first-order valence-electron chi connectivity index (χ1n) is 6.73. The standard InChI is InChI=1S/C13H20N4O2S2.ClH/c1-9(2)7-13(3,8-14)17-21(18,19)11-6-4-5-10-12(11)16-20-15-10;/h4-6,9,17H,7-8,14H2,1-3H3;1H. The highest BCUT2D eigenvalue weighted by Crippen LogP contribution is 2.24. The zero-order chi connectivity index (χ0) is 15.7. The first-order valence-corrected chi connectivity index (χ1v) is 8.94. The molecule has 6 nitrogen and oxygen atoms in total. The first kappa shape index (κ1) is 19.2. The molecule has 0 fully saturated rings. The number of hydrogen-bond donors (Lipinski definition) is 2. The van der Waals surface area contributed by atoms with Gasteiger partial charge in [0.1, 0.15) is 15.9 Å². The van der Waals surface area contributed by atoms with Crippen LogP contribution < -0.4 is 10.5 Å². The van der Waals surface area contributed by atoms with Crippen molar-refractivity contribution >= 4 is 45.2 Å². The average Bonchev–Trinajstić information content (AvgIpc) is 2.84. The number of nitrogens with two attached hydrogens (primary N) is 1. The summed E-state index contributed by atoms with van der Waals surface area (Å²) in [4.78, 5) is 0.150. The van der Waals surface area contributed by atoms with E-state index >= 15 is 0 Å². The topological polar surface area (TPSA) is 98.0 Å². The minimum atomic E-state index is -3.70. The van der Waals surface area contributed by atoms with Crippen molar-refractivity contribution in [3.63, 3.8) is 0 Å². The summed E-state index contributed by atoms with van der Waals surface area (Å²) in [6, 6.07) is 4.95. The molecule has 1 unspecified atom stereocenters. The average molecular weight is 365 g/mol. The molecule has 3 N–H and O–H groups in total.